The number of carbonyl (C=O) groups excluding carboxylic acids is 2. The van der Waals surface area contributed by atoms with Gasteiger partial charge >= 0.3 is 11.9 Å². The maximum Gasteiger partial charge on any atom is 0.342 e. The van der Waals surface area contributed by atoms with Crippen LogP contribution >= 0.6 is 11.6 Å². The molecule has 1 fully saturated rings. The Morgan fingerprint density at radius 3 is 2.48 bits per heavy atom. The van der Waals surface area contributed by atoms with Gasteiger partial charge in [0.2, 0.25) is 0 Å². The highest BCUT2D eigenvalue weighted by Crippen LogP contribution is 2.42. The van der Waals surface area contributed by atoms with E-state index in [0.29, 0.717) is 31.2 Å². The molecule has 1 aliphatic carbocycles. The van der Waals surface area contributed by atoms with Crippen molar-refractivity contribution in [3.05, 3.63) is 16.9 Å². The molecule has 0 saturated heterocycles. The third-order valence-electron chi connectivity index (χ3n) is 4.40. The quantitative estimate of drug-likeness (QED) is 0.767. The summed E-state index contributed by atoms with van der Waals surface area (Å²) in [6.07, 6.45) is 4.39. The summed E-state index contributed by atoms with van der Waals surface area (Å²) in [5.74, 6) is -0.604. The van der Waals surface area contributed by atoms with Gasteiger partial charge in [-0.25, -0.2) is 4.79 Å². The van der Waals surface area contributed by atoms with E-state index < -0.39 is 11.4 Å². The van der Waals surface area contributed by atoms with E-state index in [1.165, 1.54) is 6.20 Å². The van der Waals surface area contributed by atoms with Gasteiger partial charge < -0.3 is 9.47 Å². The minimum Gasteiger partial charge on any atom is -0.466 e. The van der Waals surface area contributed by atoms with Crippen molar-refractivity contribution < 1.29 is 19.1 Å². The third kappa shape index (κ3) is 3.68. The van der Waals surface area contributed by atoms with Crippen molar-refractivity contribution in [3.8, 4) is 0 Å². The van der Waals surface area contributed by atoms with E-state index in [1.54, 1.807) is 11.6 Å². The molecule has 2 rings (SSSR count). The van der Waals surface area contributed by atoms with Crippen LogP contribution in [0.4, 0.5) is 0 Å². The molecule has 0 radical (unpaired) electrons. The van der Waals surface area contributed by atoms with E-state index >= 15 is 0 Å². The molecule has 6 nitrogen and oxygen atoms in total. The fourth-order valence-electron chi connectivity index (χ4n) is 2.94. The van der Waals surface area contributed by atoms with Gasteiger partial charge in [-0.1, -0.05) is 11.6 Å². The average Bonchev–Trinajstić information content (AvgIpc) is 2.90. The Morgan fingerprint density at radius 1 is 1.30 bits per heavy atom. The van der Waals surface area contributed by atoms with Crippen molar-refractivity contribution in [1.29, 1.82) is 0 Å². The number of rotatable bonds is 5. The number of nitrogens with zero attached hydrogens (tertiary/aromatic N) is 2. The Hall–Kier alpha value is -1.56. The molecule has 0 unspecified atom stereocenters. The second kappa shape index (κ2) is 7.34. The number of carbonyl (C=O) groups is 2. The van der Waals surface area contributed by atoms with Crippen LogP contribution in [-0.2, 0) is 14.3 Å². The van der Waals surface area contributed by atoms with Gasteiger partial charge in [-0.15, -0.1) is 0 Å². The predicted octanol–water partition coefficient (Wildman–Crippen LogP) is 3.40. The molecule has 1 heterocycles. The first kappa shape index (κ1) is 17.8. The van der Waals surface area contributed by atoms with E-state index in [9.17, 15) is 9.59 Å². The van der Waals surface area contributed by atoms with Crippen LogP contribution in [0.2, 0.25) is 5.15 Å². The smallest absolute Gasteiger partial charge is 0.342 e. The first-order valence-corrected chi connectivity index (χ1v) is 8.38. The average molecular weight is 343 g/mol. The van der Waals surface area contributed by atoms with Crippen molar-refractivity contribution in [2.75, 3.05) is 13.2 Å². The van der Waals surface area contributed by atoms with E-state index in [2.05, 4.69) is 5.10 Å². The normalized spacial score (nSPS) is 24.3. The van der Waals surface area contributed by atoms with Crippen molar-refractivity contribution in [2.24, 2.45) is 5.41 Å². The summed E-state index contributed by atoms with van der Waals surface area (Å²) in [6.45, 7) is 6.18. The van der Waals surface area contributed by atoms with Gasteiger partial charge in [0.1, 0.15) is 10.7 Å². The number of aromatic nitrogens is 2. The molecular weight excluding hydrogens is 320 g/mol. The lowest BCUT2D eigenvalue weighted by Crippen LogP contribution is -2.35. The molecule has 23 heavy (non-hydrogen) atoms. The number of halogens is 1. The molecule has 0 atom stereocenters. The Kier molecular flexibility index (Phi) is 5.68. The van der Waals surface area contributed by atoms with Gasteiger partial charge in [-0.3, -0.25) is 9.48 Å². The lowest BCUT2D eigenvalue weighted by molar-refractivity contribution is -0.156. The minimum absolute atomic E-state index is 0.0770. The number of ether oxygens (including phenoxy) is 2. The zero-order chi connectivity index (χ0) is 17.0. The summed E-state index contributed by atoms with van der Waals surface area (Å²) < 4.78 is 11.8. The summed E-state index contributed by atoms with van der Waals surface area (Å²) in [6, 6.07) is 0.0770. The first-order chi connectivity index (χ1) is 10.9. The molecule has 1 aromatic rings. The van der Waals surface area contributed by atoms with Crippen LogP contribution in [0.25, 0.3) is 0 Å². The van der Waals surface area contributed by atoms with Crippen LogP contribution in [0.3, 0.4) is 0 Å². The molecule has 0 aromatic carbocycles. The highest BCUT2D eigenvalue weighted by atomic mass is 35.5. The lowest BCUT2D eigenvalue weighted by Gasteiger charge is -2.35. The Labute approximate surface area is 141 Å². The number of hydrogen-bond acceptors (Lipinski definition) is 5. The largest absolute Gasteiger partial charge is 0.466 e. The fraction of sp³-hybridized carbons (Fsp3) is 0.688. The molecule has 0 N–H and O–H groups in total. The van der Waals surface area contributed by atoms with Gasteiger partial charge in [0.25, 0.3) is 0 Å². The van der Waals surface area contributed by atoms with Crippen LogP contribution in [0.1, 0.15) is 62.9 Å². The summed E-state index contributed by atoms with van der Waals surface area (Å²) >= 11 is 6.28. The molecule has 1 aliphatic rings. The van der Waals surface area contributed by atoms with E-state index in [1.807, 2.05) is 13.8 Å². The van der Waals surface area contributed by atoms with Crippen molar-refractivity contribution in [1.82, 2.24) is 9.78 Å². The summed E-state index contributed by atoms with van der Waals surface area (Å²) in [4.78, 5) is 23.9. The van der Waals surface area contributed by atoms with Gasteiger partial charge in [-0.2, -0.15) is 5.10 Å². The zero-order valence-electron chi connectivity index (χ0n) is 13.8. The van der Waals surface area contributed by atoms with Gasteiger partial charge in [-0.05, 0) is 46.5 Å². The SMILES string of the molecule is CCOC(=O)c1cnn([C@H]2CC[C@](C)(C(=O)OCC)CC2)c1Cl. The molecule has 128 valence electrons. The molecule has 0 spiro atoms. The lowest BCUT2D eigenvalue weighted by atomic mass is 9.74. The van der Waals surface area contributed by atoms with Crippen LogP contribution in [-0.4, -0.2) is 34.9 Å². The zero-order valence-corrected chi connectivity index (χ0v) is 14.6. The number of esters is 2. The van der Waals surface area contributed by atoms with Gasteiger partial charge in [0.05, 0.1) is 30.9 Å². The standard InChI is InChI=1S/C16H23ClN2O4/c1-4-22-14(20)12-10-18-19(13(12)17)11-6-8-16(3,9-7-11)15(21)23-5-2/h10-11H,4-9H2,1-3H3/t11-,16-. The van der Waals surface area contributed by atoms with Gasteiger partial charge in [0, 0.05) is 0 Å². The predicted molar refractivity (Wildman–Crippen MR) is 85.4 cm³/mol. The molecule has 0 bridgehead atoms. The summed E-state index contributed by atoms with van der Waals surface area (Å²) in [7, 11) is 0. The third-order valence-corrected chi connectivity index (χ3v) is 4.78. The molecule has 7 heteroatoms. The maximum atomic E-state index is 12.1. The highest BCUT2D eigenvalue weighted by molar-refractivity contribution is 6.32. The molecule has 1 saturated carbocycles. The first-order valence-electron chi connectivity index (χ1n) is 8.00. The second-order valence-electron chi connectivity index (χ2n) is 6.03. The molecule has 0 aliphatic heterocycles. The van der Waals surface area contributed by atoms with Crippen molar-refractivity contribution in [2.45, 2.75) is 52.5 Å². The monoisotopic (exact) mass is 342 g/mol. The van der Waals surface area contributed by atoms with Crippen molar-refractivity contribution in [3.63, 3.8) is 0 Å². The Morgan fingerprint density at radius 2 is 1.91 bits per heavy atom. The maximum absolute atomic E-state index is 12.1. The second-order valence-corrected chi connectivity index (χ2v) is 6.38. The van der Waals surface area contributed by atoms with Crippen LogP contribution in [0, 0.1) is 5.41 Å². The molecule has 0 amide bonds. The number of hydrogen-bond donors (Lipinski definition) is 0. The Bertz CT molecular complexity index is 577. The Balaban J connectivity index is 2.06. The van der Waals surface area contributed by atoms with E-state index in [4.69, 9.17) is 21.1 Å². The summed E-state index contributed by atoms with van der Waals surface area (Å²) in [5.41, 5.74) is -0.164. The topological polar surface area (TPSA) is 70.4 Å². The minimum atomic E-state index is -0.462. The van der Waals surface area contributed by atoms with E-state index in [-0.39, 0.29) is 17.6 Å². The van der Waals surface area contributed by atoms with E-state index in [0.717, 1.165) is 12.8 Å². The molecular formula is C16H23ClN2O4. The van der Waals surface area contributed by atoms with Crippen LogP contribution < -0.4 is 0 Å². The van der Waals surface area contributed by atoms with Gasteiger partial charge in [0.15, 0.2) is 0 Å². The highest BCUT2D eigenvalue weighted by Gasteiger charge is 2.40. The van der Waals surface area contributed by atoms with Crippen LogP contribution in [0.5, 0.6) is 0 Å². The molecule has 1 aromatic heterocycles. The fourth-order valence-corrected chi connectivity index (χ4v) is 3.25. The van der Waals surface area contributed by atoms with Crippen molar-refractivity contribution >= 4 is 23.5 Å². The summed E-state index contributed by atoms with van der Waals surface area (Å²) in [5, 5.41) is 4.54. The van der Waals surface area contributed by atoms with Crippen LogP contribution in [0.15, 0.2) is 6.20 Å².